The summed E-state index contributed by atoms with van der Waals surface area (Å²) in [6.45, 7) is 13.7. The lowest BCUT2D eigenvalue weighted by Gasteiger charge is -2.42. The van der Waals surface area contributed by atoms with Crippen molar-refractivity contribution in [3.8, 4) is 12.1 Å². The number of nitrogens with zero attached hydrogens (tertiary/aromatic N) is 14. The molecule has 20 nitrogen and oxygen atoms in total. The molecule has 2 atom stereocenters. The van der Waals surface area contributed by atoms with E-state index < -0.39 is 12.1 Å². The smallest absolute Gasteiger partial charge is 0.410 e. The number of aryl methyl sites for hydroxylation is 2. The molecular formula is C53H58BrClN16O4. The molecule has 4 aromatic heterocycles. The van der Waals surface area contributed by atoms with Crippen LogP contribution >= 0.6 is 27.5 Å². The quantitative estimate of drug-likeness (QED) is 0.111. The van der Waals surface area contributed by atoms with E-state index in [1.165, 1.54) is 11.1 Å². The number of fused-ring (bicyclic) bond motifs is 4. The minimum absolute atomic E-state index is 0.0901. The van der Waals surface area contributed by atoms with Crippen molar-refractivity contribution < 1.29 is 19.1 Å². The van der Waals surface area contributed by atoms with Crippen molar-refractivity contribution in [1.29, 1.82) is 5.26 Å². The Balaban J connectivity index is 0.724. The van der Waals surface area contributed by atoms with Gasteiger partial charge in [-0.2, -0.15) is 34.8 Å². The first-order chi connectivity index (χ1) is 36.4. The summed E-state index contributed by atoms with van der Waals surface area (Å²) in [5.41, 5.74) is 7.89. The van der Waals surface area contributed by atoms with E-state index in [1.54, 1.807) is 20.5 Å². The Hall–Kier alpha value is -7.28. The molecule has 388 valence electrons. The normalized spacial score (nSPS) is 18.2. The number of ether oxygens (including phenoxy) is 2. The number of aromatic nitrogens is 8. The lowest BCUT2D eigenvalue weighted by atomic mass is 10.0. The van der Waals surface area contributed by atoms with Gasteiger partial charge in [0.15, 0.2) is 5.65 Å². The van der Waals surface area contributed by atoms with Crippen molar-refractivity contribution in [3.05, 3.63) is 105 Å². The second-order valence-electron chi connectivity index (χ2n) is 19.8. The molecule has 4 aliphatic rings. The Kier molecular flexibility index (Phi) is 14.1. The molecule has 7 aromatic rings. The maximum Gasteiger partial charge on any atom is 0.410 e. The fraction of sp³-hybridized carbons (Fsp3) is 0.415. The van der Waals surface area contributed by atoms with Crippen LogP contribution in [0.5, 0.6) is 6.01 Å². The van der Waals surface area contributed by atoms with E-state index in [4.69, 9.17) is 46.0 Å². The molecule has 0 unspecified atom stereocenters. The number of likely N-dealkylation sites (N-methyl/N-ethyl adjacent to an activating group) is 1. The molecule has 3 saturated heterocycles. The van der Waals surface area contributed by atoms with Crippen molar-refractivity contribution in [2.45, 2.75) is 64.7 Å². The number of likely N-dealkylation sites (tertiary alicyclic amines) is 1. The summed E-state index contributed by atoms with van der Waals surface area (Å²) in [6.07, 6.45) is 4.05. The Morgan fingerprint density at radius 3 is 2.55 bits per heavy atom. The molecule has 3 fully saturated rings. The van der Waals surface area contributed by atoms with E-state index in [0.29, 0.717) is 112 Å². The number of carbonyl (C=O) groups is 2. The van der Waals surface area contributed by atoms with Gasteiger partial charge in [0.2, 0.25) is 11.9 Å². The molecule has 0 radical (unpaired) electrons. The van der Waals surface area contributed by atoms with Crippen molar-refractivity contribution >= 4 is 90.4 Å². The molecule has 2 amide bonds. The zero-order valence-electron chi connectivity index (χ0n) is 42.2. The zero-order chi connectivity index (χ0) is 51.9. The third-order valence-corrected chi connectivity index (χ3v) is 15.9. The van der Waals surface area contributed by atoms with Gasteiger partial charge in [-0.05, 0) is 103 Å². The predicted molar refractivity (Wildman–Crippen MR) is 290 cm³/mol. The van der Waals surface area contributed by atoms with Crippen LogP contribution in [0.2, 0.25) is 5.02 Å². The molecule has 75 heavy (non-hydrogen) atoms. The number of H-pyrrole nitrogens is 1. The van der Waals surface area contributed by atoms with Crippen molar-refractivity contribution in [2.75, 3.05) is 99.2 Å². The topological polar surface area (TPSA) is 205 Å². The minimum Gasteiger partial charge on any atom is -0.462 e. The fourth-order valence-electron chi connectivity index (χ4n) is 10.7. The SMILES string of the molecule is C=C(COC(=O)N1CCN(c2nc(NCc3nc4cc(C)c(C)cc4[nH]3)n3ncc(Br)c3n2)CC1)C(=O)N1CCN(c2nc(OC[C@@H]3CCCN3C)nc3c2CCN(c2cccc4cccc(Cl)c24)C3)C[C@@H]1CC#N. The van der Waals surface area contributed by atoms with Gasteiger partial charge in [0.05, 0.1) is 64.0 Å². The maximum absolute atomic E-state index is 14.1. The molecule has 0 saturated carbocycles. The van der Waals surface area contributed by atoms with Crippen LogP contribution in [-0.2, 0) is 29.0 Å². The molecule has 3 aromatic carbocycles. The highest BCUT2D eigenvalue weighted by Crippen LogP contribution is 2.38. The van der Waals surface area contributed by atoms with Gasteiger partial charge in [-0.25, -0.2) is 9.78 Å². The number of hydrogen-bond acceptors (Lipinski definition) is 16. The number of carbonyl (C=O) groups excluding carboxylic acids is 2. The number of rotatable bonds is 13. The monoisotopic (exact) mass is 1100 g/mol. The van der Waals surface area contributed by atoms with E-state index in [2.05, 4.69) is 116 Å². The Morgan fingerprint density at radius 2 is 1.75 bits per heavy atom. The van der Waals surface area contributed by atoms with Crippen molar-refractivity contribution in [2.24, 2.45) is 0 Å². The van der Waals surface area contributed by atoms with Gasteiger partial charge in [-0.15, -0.1) is 0 Å². The molecule has 4 aliphatic heterocycles. The van der Waals surface area contributed by atoms with Crippen LogP contribution < -0.4 is 24.8 Å². The molecular weight excluding hydrogens is 1040 g/mol. The van der Waals surface area contributed by atoms with E-state index in [-0.39, 0.29) is 30.5 Å². The minimum atomic E-state index is -0.552. The third-order valence-electron chi connectivity index (χ3n) is 15.0. The number of amides is 2. The van der Waals surface area contributed by atoms with Gasteiger partial charge in [0.25, 0.3) is 5.91 Å². The average Bonchev–Trinajstić information content (AvgIpc) is 4.15. The summed E-state index contributed by atoms with van der Waals surface area (Å²) >= 11 is 10.4. The Bertz CT molecular complexity index is 3340. The Labute approximate surface area is 447 Å². The highest BCUT2D eigenvalue weighted by Gasteiger charge is 2.36. The van der Waals surface area contributed by atoms with Crippen molar-refractivity contribution in [3.63, 3.8) is 0 Å². The summed E-state index contributed by atoms with van der Waals surface area (Å²) in [4.78, 5) is 67.6. The first-order valence-corrected chi connectivity index (χ1v) is 26.6. The molecule has 0 spiro atoms. The predicted octanol–water partition coefficient (Wildman–Crippen LogP) is 7.07. The lowest BCUT2D eigenvalue weighted by molar-refractivity contribution is -0.130. The highest BCUT2D eigenvalue weighted by atomic mass is 79.9. The first-order valence-electron chi connectivity index (χ1n) is 25.4. The van der Waals surface area contributed by atoms with Crippen molar-refractivity contribution in [1.82, 2.24) is 54.2 Å². The van der Waals surface area contributed by atoms with Crippen LogP contribution in [0.3, 0.4) is 0 Å². The molecule has 0 bridgehead atoms. The molecule has 0 aliphatic carbocycles. The molecule has 2 N–H and O–H groups in total. The average molecular weight is 1100 g/mol. The highest BCUT2D eigenvalue weighted by molar-refractivity contribution is 9.10. The van der Waals surface area contributed by atoms with Gasteiger partial charge < -0.3 is 49.2 Å². The largest absolute Gasteiger partial charge is 0.462 e. The number of piperazine rings is 2. The molecule has 22 heteroatoms. The maximum atomic E-state index is 14.1. The number of nitriles is 1. The molecule has 8 heterocycles. The lowest BCUT2D eigenvalue weighted by Crippen LogP contribution is -2.56. The summed E-state index contributed by atoms with van der Waals surface area (Å²) in [5.74, 6) is 2.13. The van der Waals surface area contributed by atoms with Gasteiger partial charge in [0.1, 0.15) is 24.9 Å². The standard InChI is InChI=1S/C53H58BrClN16O4/c1-32-24-41-42(25-33(32)2)60-45(59-41)27-57-50-64-51(62-48-39(54)26-58-71(48)50)66-18-20-67(21-19-66)53(73)75-30-34(3)49(72)70-23-22-69(28-36(70)13-15-56)47-38-14-17-68(44-12-6-9-35-8-5-11-40(55)46(35)44)29-43(38)61-52(63-47)74-31-37-10-7-16-65(37)4/h5-6,8-9,11-12,24-26,36-37H,3,7,10,13-14,16-23,27-31H2,1-2,4H3,(H,59,60)(H,57,62,64)/t36-,37-/m0/s1. The van der Waals surface area contributed by atoms with E-state index in [9.17, 15) is 14.9 Å². The van der Waals surface area contributed by atoms with Crippen LogP contribution in [0.15, 0.2) is 71.4 Å². The van der Waals surface area contributed by atoms with Crippen LogP contribution in [0.4, 0.5) is 28.2 Å². The van der Waals surface area contributed by atoms with Gasteiger partial charge in [-0.1, -0.05) is 42.4 Å². The first kappa shape index (κ1) is 49.9. The van der Waals surface area contributed by atoms with Gasteiger partial charge in [0, 0.05) is 80.6 Å². The molecule has 11 rings (SSSR count). The summed E-state index contributed by atoms with van der Waals surface area (Å²) in [7, 11) is 2.12. The second kappa shape index (κ2) is 21.2. The third kappa shape index (κ3) is 10.2. The summed E-state index contributed by atoms with van der Waals surface area (Å²) < 4.78 is 14.5. The number of imidazole rings is 1. The number of aromatic amines is 1. The number of nitrogens with one attached hydrogen (secondary N) is 2. The summed E-state index contributed by atoms with van der Waals surface area (Å²) in [5, 5.41) is 20.7. The van der Waals surface area contributed by atoms with Gasteiger partial charge in [-0.3, -0.25) is 4.79 Å². The number of anilines is 4. The summed E-state index contributed by atoms with van der Waals surface area (Å²) in [6, 6.07) is 18.8. The van der Waals surface area contributed by atoms with Gasteiger partial charge >= 0.3 is 12.1 Å². The van der Waals surface area contributed by atoms with E-state index >= 15 is 0 Å². The number of halogens is 2. The van der Waals surface area contributed by atoms with Crippen LogP contribution in [0, 0.1) is 25.2 Å². The van der Waals surface area contributed by atoms with Crippen LogP contribution in [0.25, 0.3) is 27.5 Å². The van der Waals surface area contributed by atoms with Crippen LogP contribution in [0.1, 0.15) is 47.5 Å². The number of hydrogen-bond donors (Lipinski definition) is 2. The zero-order valence-corrected chi connectivity index (χ0v) is 44.6. The van der Waals surface area contributed by atoms with E-state index in [1.807, 2.05) is 17.0 Å². The number of benzene rings is 3. The second-order valence-corrected chi connectivity index (χ2v) is 21.0. The van der Waals surface area contributed by atoms with Crippen LogP contribution in [-0.4, -0.2) is 157 Å². The Morgan fingerprint density at radius 1 is 0.947 bits per heavy atom. The van der Waals surface area contributed by atoms with E-state index in [0.717, 1.165) is 69.8 Å². The fourth-order valence-corrected chi connectivity index (χ4v) is 11.3.